The van der Waals surface area contributed by atoms with Crippen molar-refractivity contribution < 1.29 is 0 Å². The summed E-state index contributed by atoms with van der Waals surface area (Å²) in [6, 6.07) is 11.5. The van der Waals surface area contributed by atoms with Crippen LogP contribution in [-0.4, -0.2) is 16.8 Å². The Morgan fingerprint density at radius 3 is 2.86 bits per heavy atom. The first-order valence-corrected chi connectivity index (χ1v) is 8.96. The van der Waals surface area contributed by atoms with E-state index >= 15 is 0 Å². The Morgan fingerprint density at radius 1 is 1.29 bits per heavy atom. The van der Waals surface area contributed by atoms with E-state index in [4.69, 9.17) is 4.98 Å². The number of pyridine rings is 1. The maximum absolute atomic E-state index is 4.89. The summed E-state index contributed by atoms with van der Waals surface area (Å²) in [5.74, 6) is 1.91. The largest absolute Gasteiger partial charge is 0.310 e. The van der Waals surface area contributed by atoms with Gasteiger partial charge >= 0.3 is 0 Å². The molecular weight excluding hydrogens is 276 g/mol. The zero-order valence-electron chi connectivity index (χ0n) is 12.9. The third kappa shape index (κ3) is 4.21. The third-order valence-electron chi connectivity index (χ3n) is 3.86. The lowest BCUT2D eigenvalue weighted by Gasteiger charge is -2.12. The number of nitrogens with zero attached hydrogens (tertiary/aromatic N) is 1. The number of rotatable bonds is 7. The molecule has 1 aliphatic rings. The highest BCUT2D eigenvalue weighted by Gasteiger charge is 2.20. The Hall–Kier alpha value is -1.06. The van der Waals surface area contributed by atoms with E-state index in [0.717, 1.165) is 29.8 Å². The summed E-state index contributed by atoms with van der Waals surface area (Å²) in [6.45, 7) is 5.51. The number of hydrogen-bond acceptors (Lipinski definition) is 3. The molecule has 1 fully saturated rings. The molecule has 3 heteroatoms. The van der Waals surface area contributed by atoms with Crippen molar-refractivity contribution in [2.24, 2.45) is 5.92 Å². The summed E-state index contributed by atoms with van der Waals surface area (Å²) >= 11 is 1.91. The van der Waals surface area contributed by atoms with E-state index < -0.39 is 0 Å². The lowest BCUT2D eigenvalue weighted by molar-refractivity contribution is 0.631. The van der Waals surface area contributed by atoms with Gasteiger partial charge < -0.3 is 5.32 Å². The maximum atomic E-state index is 4.89. The molecule has 1 aromatic carbocycles. The van der Waals surface area contributed by atoms with Gasteiger partial charge in [-0.2, -0.15) is 0 Å². The van der Waals surface area contributed by atoms with Crippen molar-refractivity contribution in [3.05, 3.63) is 35.9 Å². The van der Waals surface area contributed by atoms with Crippen LogP contribution in [0.3, 0.4) is 0 Å². The molecule has 2 aromatic rings. The number of para-hydroxylation sites is 1. The van der Waals surface area contributed by atoms with Crippen LogP contribution in [0.4, 0.5) is 0 Å². The number of nitrogens with one attached hydrogen (secondary N) is 1. The molecule has 0 amide bonds. The summed E-state index contributed by atoms with van der Waals surface area (Å²) in [5.41, 5.74) is 2.47. The van der Waals surface area contributed by atoms with Gasteiger partial charge in [0.15, 0.2) is 0 Å². The van der Waals surface area contributed by atoms with Gasteiger partial charge in [-0.15, -0.1) is 11.8 Å². The monoisotopic (exact) mass is 300 g/mol. The van der Waals surface area contributed by atoms with Crippen LogP contribution in [0.15, 0.2) is 35.4 Å². The van der Waals surface area contributed by atoms with Crippen LogP contribution >= 0.6 is 11.8 Å². The highest BCUT2D eigenvalue weighted by atomic mass is 32.2. The fourth-order valence-corrected chi connectivity index (χ4v) is 3.59. The van der Waals surface area contributed by atoms with Crippen molar-refractivity contribution in [3.8, 4) is 0 Å². The molecule has 0 aliphatic heterocycles. The average molecular weight is 300 g/mol. The highest BCUT2D eigenvalue weighted by Crippen LogP contribution is 2.27. The predicted molar refractivity (Wildman–Crippen MR) is 91.8 cm³/mol. The first kappa shape index (κ1) is 14.9. The molecule has 21 heavy (non-hydrogen) atoms. The minimum absolute atomic E-state index is 0.741. The van der Waals surface area contributed by atoms with Crippen molar-refractivity contribution in [2.75, 3.05) is 5.75 Å². The van der Waals surface area contributed by atoms with Crippen LogP contribution in [0.25, 0.3) is 10.9 Å². The van der Waals surface area contributed by atoms with Gasteiger partial charge in [0.25, 0.3) is 0 Å². The average Bonchev–Trinajstić information content (AvgIpc) is 3.28. The second-order valence-corrected chi connectivity index (χ2v) is 7.42. The Morgan fingerprint density at radius 2 is 2.10 bits per heavy atom. The fourth-order valence-electron chi connectivity index (χ4n) is 2.33. The van der Waals surface area contributed by atoms with E-state index in [-0.39, 0.29) is 0 Å². The summed E-state index contributed by atoms with van der Waals surface area (Å²) in [6.07, 6.45) is 3.91. The number of benzene rings is 1. The predicted octanol–water partition coefficient (Wildman–Crippen LogP) is 4.63. The summed E-state index contributed by atoms with van der Waals surface area (Å²) in [4.78, 5) is 4.89. The molecule has 0 saturated heterocycles. The van der Waals surface area contributed by atoms with Gasteiger partial charge in [-0.05, 0) is 48.6 Å². The summed E-state index contributed by atoms with van der Waals surface area (Å²) in [5, 5.41) is 6.08. The molecule has 0 unspecified atom stereocenters. The van der Waals surface area contributed by atoms with Crippen molar-refractivity contribution in [1.29, 1.82) is 0 Å². The van der Waals surface area contributed by atoms with Gasteiger partial charge in [0.2, 0.25) is 0 Å². The van der Waals surface area contributed by atoms with E-state index in [1.807, 2.05) is 11.8 Å². The number of hydrogen-bond donors (Lipinski definition) is 1. The quantitative estimate of drug-likeness (QED) is 0.755. The third-order valence-corrected chi connectivity index (χ3v) is 4.92. The van der Waals surface area contributed by atoms with E-state index in [9.17, 15) is 0 Å². The second kappa shape index (κ2) is 6.80. The van der Waals surface area contributed by atoms with E-state index in [0.29, 0.717) is 0 Å². The Balaban J connectivity index is 1.80. The van der Waals surface area contributed by atoms with Crippen LogP contribution in [0.5, 0.6) is 0 Å². The van der Waals surface area contributed by atoms with Crippen LogP contribution < -0.4 is 5.32 Å². The molecule has 1 saturated carbocycles. The van der Waals surface area contributed by atoms with Crippen molar-refractivity contribution in [1.82, 2.24) is 10.3 Å². The first-order valence-electron chi connectivity index (χ1n) is 7.97. The van der Waals surface area contributed by atoms with Crippen molar-refractivity contribution >= 4 is 22.7 Å². The molecule has 112 valence electrons. The van der Waals surface area contributed by atoms with Crippen molar-refractivity contribution in [3.63, 3.8) is 0 Å². The molecular formula is C18H24N2S. The molecule has 1 aromatic heterocycles. The molecule has 0 bridgehead atoms. The molecule has 0 spiro atoms. The van der Waals surface area contributed by atoms with E-state index in [1.165, 1.54) is 35.2 Å². The highest BCUT2D eigenvalue weighted by molar-refractivity contribution is 7.99. The molecule has 3 rings (SSSR count). The van der Waals surface area contributed by atoms with Crippen LogP contribution in [0, 0.1) is 5.92 Å². The lowest BCUT2D eigenvalue weighted by atomic mass is 10.1. The molecule has 1 aliphatic carbocycles. The molecule has 1 heterocycles. The van der Waals surface area contributed by atoms with Gasteiger partial charge in [0.05, 0.1) is 5.52 Å². The smallest absolute Gasteiger partial charge is 0.101 e. The van der Waals surface area contributed by atoms with Crippen LogP contribution in [-0.2, 0) is 6.54 Å². The van der Waals surface area contributed by atoms with Gasteiger partial charge in [-0.1, -0.05) is 32.0 Å². The Kier molecular flexibility index (Phi) is 4.81. The Bertz CT molecular complexity index is 605. The molecule has 0 radical (unpaired) electrons. The van der Waals surface area contributed by atoms with Gasteiger partial charge in [0.1, 0.15) is 5.03 Å². The number of aromatic nitrogens is 1. The molecule has 1 N–H and O–H groups in total. The first-order chi connectivity index (χ1) is 10.2. The SMILES string of the molecule is CC(C)CCSc1nc2ccccc2cc1CNC1CC1. The minimum atomic E-state index is 0.741. The topological polar surface area (TPSA) is 24.9 Å². The summed E-state index contributed by atoms with van der Waals surface area (Å²) in [7, 11) is 0. The normalized spacial score (nSPS) is 15.0. The fraction of sp³-hybridized carbons (Fsp3) is 0.500. The van der Waals surface area contributed by atoms with E-state index in [2.05, 4.69) is 49.5 Å². The zero-order chi connectivity index (χ0) is 14.7. The number of thioether (sulfide) groups is 1. The molecule has 0 atom stereocenters. The Labute approximate surface area is 131 Å². The van der Waals surface area contributed by atoms with Gasteiger partial charge in [-0.3, -0.25) is 0 Å². The second-order valence-electron chi connectivity index (χ2n) is 6.33. The van der Waals surface area contributed by atoms with Crippen LogP contribution in [0.2, 0.25) is 0 Å². The van der Waals surface area contributed by atoms with E-state index in [1.54, 1.807) is 0 Å². The lowest BCUT2D eigenvalue weighted by Crippen LogP contribution is -2.16. The zero-order valence-corrected chi connectivity index (χ0v) is 13.7. The van der Waals surface area contributed by atoms with Crippen LogP contribution in [0.1, 0.15) is 38.7 Å². The van der Waals surface area contributed by atoms with Gasteiger partial charge in [-0.25, -0.2) is 4.98 Å². The summed E-state index contributed by atoms with van der Waals surface area (Å²) < 4.78 is 0. The van der Waals surface area contributed by atoms with Gasteiger partial charge in [0, 0.05) is 18.0 Å². The van der Waals surface area contributed by atoms with Crippen molar-refractivity contribution in [2.45, 2.75) is 50.7 Å². The minimum Gasteiger partial charge on any atom is -0.310 e. The number of fused-ring (bicyclic) bond motifs is 1. The molecule has 2 nitrogen and oxygen atoms in total. The standard InChI is InChI=1S/C18H24N2S/c1-13(2)9-10-21-18-15(12-19-16-7-8-16)11-14-5-3-4-6-17(14)20-18/h3-6,11,13,16,19H,7-10,12H2,1-2H3. The maximum Gasteiger partial charge on any atom is 0.101 e.